The van der Waals surface area contributed by atoms with Crippen LogP contribution in [0.15, 0.2) is 10.7 Å². The molecule has 3 heterocycles. The quantitative estimate of drug-likeness (QED) is 0.787. The molecule has 7 nitrogen and oxygen atoms in total. The summed E-state index contributed by atoms with van der Waals surface area (Å²) in [5.41, 5.74) is -0.811. The highest BCUT2D eigenvalue weighted by atomic mass is 19.4. The summed E-state index contributed by atoms with van der Waals surface area (Å²) in [5.74, 6) is 1.74. The number of ether oxygens (including phenoxy) is 1. The van der Waals surface area contributed by atoms with Crippen LogP contribution in [0.3, 0.4) is 0 Å². The van der Waals surface area contributed by atoms with Gasteiger partial charge in [-0.05, 0) is 19.4 Å². The second-order valence-corrected chi connectivity index (χ2v) is 6.33. The first-order chi connectivity index (χ1) is 11.8. The van der Waals surface area contributed by atoms with E-state index < -0.39 is 11.9 Å². The Kier molecular flexibility index (Phi) is 5.09. The lowest BCUT2D eigenvalue weighted by Crippen LogP contribution is -2.31. The zero-order chi connectivity index (χ0) is 18.0. The Morgan fingerprint density at radius 3 is 2.92 bits per heavy atom. The maximum Gasteiger partial charge on any atom is 0.434 e. The van der Waals surface area contributed by atoms with Gasteiger partial charge in [0.1, 0.15) is 12.4 Å². The molecule has 3 rings (SSSR count). The molecule has 1 atom stereocenters. The van der Waals surface area contributed by atoms with Gasteiger partial charge in [0.15, 0.2) is 11.5 Å². The first-order valence-electron chi connectivity index (χ1n) is 7.97. The fourth-order valence-corrected chi connectivity index (χ4v) is 3.08. The van der Waals surface area contributed by atoms with E-state index in [-0.39, 0.29) is 12.5 Å². The van der Waals surface area contributed by atoms with Crippen molar-refractivity contribution in [1.82, 2.24) is 24.6 Å². The molecule has 2 aromatic heterocycles. The van der Waals surface area contributed by atoms with Crippen molar-refractivity contribution in [3.8, 4) is 0 Å². The molecular formula is C15H20F3N5O2. The van der Waals surface area contributed by atoms with Crippen LogP contribution < -0.4 is 0 Å². The van der Waals surface area contributed by atoms with Gasteiger partial charge < -0.3 is 13.8 Å². The minimum absolute atomic E-state index is 0.248. The molecule has 0 saturated carbocycles. The molecule has 0 aromatic carbocycles. The number of fused-ring (bicyclic) bond motifs is 1. The molecule has 10 heteroatoms. The van der Waals surface area contributed by atoms with Crippen molar-refractivity contribution in [1.29, 1.82) is 0 Å². The van der Waals surface area contributed by atoms with E-state index in [2.05, 4.69) is 15.1 Å². The third kappa shape index (κ3) is 4.37. The molecule has 0 fully saturated rings. The average Bonchev–Trinajstić information content (AvgIpc) is 3.13. The summed E-state index contributed by atoms with van der Waals surface area (Å²) >= 11 is 0. The van der Waals surface area contributed by atoms with Crippen LogP contribution in [0.5, 0.6) is 0 Å². The molecule has 0 spiro atoms. The van der Waals surface area contributed by atoms with Crippen LogP contribution in [0.4, 0.5) is 13.2 Å². The molecule has 1 aliphatic heterocycles. The molecule has 0 aliphatic carbocycles. The van der Waals surface area contributed by atoms with Crippen molar-refractivity contribution in [2.24, 2.45) is 5.92 Å². The topological polar surface area (TPSA) is 69.2 Å². The molecule has 138 valence electrons. The molecule has 1 unspecified atom stereocenters. The van der Waals surface area contributed by atoms with E-state index in [0.717, 1.165) is 19.2 Å². The lowest BCUT2D eigenvalue weighted by molar-refractivity contribution is -0.141. The van der Waals surface area contributed by atoms with E-state index in [1.54, 1.807) is 11.7 Å². The molecule has 0 saturated heterocycles. The summed E-state index contributed by atoms with van der Waals surface area (Å²) in [6.07, 6.45) is -1.93. The molecule has 0 amide bonds. The summed E-state index contributed by atoms with van der Waals surface area (Å²) in [6, 6.07) is 0. The Morgan fingerprint density at radius 2 is 2.20 bits per heavy atom. The lowest BCUT2D eigenvalue weighted by atomic mass is 9.99. The fraction of sp³-hybridized carbons (Fsp3) is 0.667. The van der Waals surface area contributed by atoms with E-state index >= 15 is 0 Å². The monoisotopic (exact) mass is 359 g/mol. The van der Waals surface area contributed by atoms with Gasteiger partial charge in [0.2, 0.25) is 0 Å². The number of hydrogen-bond acceptors (Lipinski definition) is 6. The highest BCUT2D eigenvalue weighted by Crippen LogP contribution is 2.30. The summed E-state index contributed by atoms with van der Waals surface area (Å²) in [7, 11) is 3.48. The number of alkyl halides is 3. The minimum Gasteiger partial charge on any atom is -0.375 e. The molecule has 0 bridgehead atoms. The van der Waals surface area contributed by atoms with Crippen molar-refractivity contribution in [3.63, 3.8) is 0 Å². The molecule has 25 heavy (non-hydrogen) atoms. The summed E-state index contributed by atoms with van der Waals surface area (Å²) in [6.45, 7) is 2.04. The maximum absolute atomic E-state index is 12.8. The van der Waals surface area contributed by atoms with E-state index in [1.807, 2.05) is 11.9 Å². The van der Waals surface area contributed by atoms with Gasteiger partial charge in [-0.25, -0.2) is 4.98 Å². The largest absolute Gasteiger partial charge is 0.434 e. The van der Waals surface area contributed by atoms with E-state index in [9.17, 15) is 13.2 Å². The first-order valence-corrected chi connectivity index (χ1v) is 7.97. The Balaban J connectivity index is 1.56. The number of nitrogens with zero attached hydrogens (tertiary/aromatic N) is 5. The van der Waals surface area contributed by atoms with Crippen LogP contribution in [0.1, 0.15) is 29.7 Å². The standard InChI is InChI=1S/C15H20F3N5O2/c1-22(8-12-20-14(9-24-2)25-21-12)5-10-3-4-13-19-11(15(16,17)18)7-23(13)6-10/h7,10H,3-6,8-9H2,1-2H3. The zero-order valence-electron chi connectivity index (χ0n) is 14.1. The van der Waals surface area contributed by atoms with Gasteiger partial charge in [0, 0.05) is 32.8 Å². The third-order valence-electron chi connectivity index (χ3n) is 4.14. The van der Waals surface area contributed by atoms with E-state index in [4.69, 9.17) is 9.26 Å². The average molecular weight is 359 g/mol. The normalized spacial score (nSPS) is 17.9. The molecule has 0 radical (unpaired) electrons. The fourth-order valence-electron chi connectivity index (χ4n) is 3.08. The highest BCUT2D eigenvalue weighted by Gasteiger charge is 2.35. The predicted molar refractivity (Wildman–Crippen MR) is 80.4 cm³/mol. The van der Waals surface area contributed by atoms with Gasteiger partial charge in [-0.2, -0.15) is 18.2 Å². The number of imidazole rings is 1. The van der Waals surface area contributed by atoms with Gasteiger partial charge in [0.05, 0.1) is 6.54 Å². The SMILES string of the molecule is COCc1nc(CN(C)CC2CCc3nc(C(F)(F)F)cn3C2)no1. The minimum atomic E-state index is -4.39. The number of rotatable bonds is 6. The smallest absolute Gasteiger partial charge is 0.375 e. The first kappa shape index (κ1) is 17.9. The number of aryl methyl sites for hydroxylation is 1. The number of methoxy groups -OCH3 is 1. The third-order valence-corrected chi connectivity index (χ3v) is 4.14. The van der Waals surface area contributed by atoms with Crippen molar-refractivity contribution >= 4 is 0 Å². The number of hydrogen-bond donors (Lipinski definition) is 0. The van der Waals surface area contributed by atoms with Gasteiger partial charge in [-0.3, -0.25) is 4.90 Å². The summed E-state index contributed by atoms with van der Waals surface area (Å²) < 4.78 is 49.9. The van der Waals surface area contributed by atoms with Crippen molar-refractivity contribution in [3.05, 3.63) is 29.4 Å². The highest BCUT2D eigenvalue weighted by molar-refractivity contribution is 5.10. The van der Waals surface area contributed by atoms with Gasteiger partial charge in [0.25, 0.3) is 5.89 Å². The Bertz CT molecular complexity index is 712. The summed E-state index contributed by atoms with van der Waals surface area (Å²) in [4.78, 5) is 9.96. The molecule has 1 aliphatic rings. The van der Waals surface area contributed by atoms with Gasteiger partial charge in [-0.1, -0.05) is 5.16 Å². The summed E-state index contributed by atoms with van der Waals surface area (Å²) in [5, 5.41) is 3.89. The predicted octanol–water partition coefficient (Wildman–Crippen LogP) is 2.13. The van der Waals surface area contributed by atoms with Crippen molar-refractivity contribution in [2.45, 2.75) is 38.7 Å². The Morgan fingerprint density at radius 1 is 1.40 bits per heavy atom. The molecule has 0 N–H and O–H groups in total. The van der Waals surface area contributed by atoms with Crippen molar-refractivity contribution in [2.75, 3.05) is 20.7 Å². The van der Waals surface area contributed by atoms with Gasteiger partial charge in [-0.15, -0.1) is 0 Å². The van der Waals surface area contributed by atoms with Crippen LogP contribution in [-0.2, 0) is 37.0 Å². The number of halogens is 3. The molecular weight excluding hydrogens is 339 g/mol. The second-order valence-electron chi connectivity index (χ2n) is 6.33. The van der Waals surface area contributed by atoms with E-state index in [1.165, 1.54) is 0 Å². The van der Waals surface area contributed by atoms with Crippen LogP contribution in [0, 0.1) is 5.92 Å². The van der Waals surface area contributed by atoms with Crippen LogP contribution in [-0.4, -0.2) is 45.3 Å². The van der Waals surface area contributed by atoms with Crippen LogP contribution in [0.2, 0.25) is 0 Å². The van der Waals surface area contributed by atoms with Crippen LogP contribution in [0.25, 0.3) is 0 Å². The second kappa shape index (κ2) is 7.12. The lowest BCUT2D eigenvalue weighted by Gasteiger charge is -2.27. The van der Waals surface area contributed by atoms with Crippen molar-refractivity contribution < 1.29 is 22.4 Å². The van der Waals surface area contributed by atoms with E-state index in [0.29, 0.717) is 37.0 Å². The Hall–Kier alpha value is -1.94. The maximum atomic E-state index is 12.8. The number of aromatic nitrogens is 4. The molecule has 2 aromatic rings. The zero-order valence-corrected chi connectivity index (χ0v) is 14.1. The van der Waals surface area contributed by atoms with Gasteiger partial charge >= 0.3 is 6.18 Å². The van der Waals surface area contributed by atoms with Crippen LogP contribution >= 0.6 is 0 Å². The Labute approximate surface area is 142 Å².